The molecule has 0 aliphatic carbocycles. The standard InChI is InChI=1S/C16H14ClN3O4/c1-24-14-4-2-3-11(7-14)8-16(21)19-18-10-12-9-13(20(22)23)5-6-15(12)17/h2-7,9-10H,8H2,1H3,(H,19,21)/b18-10+. The monoisotopic (exact) mass is 347 g/mol. The number of non-ortho nitro benzene ring substituents is 1. The molecule has 0 aliphatic rings. The van der Waals surface area contributed by atoms with Crippen molar-refractivity contribution in [2.45, 2.75) is 6.42 Å². The lowest BCUT2D eigenvalue weighted by molar-refractivity contribution is -0.384. The number of carbonyl (C=O) groups excluding carboxylic acids is 1. The lowest BCUT2D eigenvalue weighted by Crippen LogP contribution is -2.19. The molecule has 2 aromatic rings. The summed E-state index contributed by atoms with van der Waals surface area (Å²) in [6.07, 6.45) is 1.38. The molecule has 2 aromatic carbocycles. The molecule has 0 heterocycles. The van der Waals surface area contributed by atoms with Gasteiger partial charge in [0, 0.05) is 22.7 Å². The molecule has 0 aromatic heterocycles. The number of ether oxygens (including phenoxy) is 1. The van der Waals surface area contributed by atoms with E-state index in [1.54, 1.807) is 31.4 Å². The Morgan fingerprint density at radius 3 is 2.88 bits per heavy atom. The molecule has 0 bridgehead atoms. The van der Waals surface area contributed by atoms with Gasteiger partial charge in [-0.15, -0.1) is 0 Å². The topological polar surface area (TPSA) is 93.8 Å². The van der Waals surface area contributed by atoms with Crippen LogP contribution in [0.15, 0.2) is 47.6 Å². The maximum absolute atomic E-state index is 11.9. The zero-order chi connectivity index (χ0) is 17.5. The number of methoxy groups -OCH3 is 1. The van der Waals surface area contributed by atoms with Crippen molar-refractivity contribution in [3.05, 3.63) is 68.7 Å². The Balaban J connectivity index is 1.99. The van der Waals surface area contributed by atoms with Crippen molar-refractivity contribution in [2.75, 3.05) is 7.11 Å². The van der Waals surface area contributed by atoms with Gasteiger partial charge in [0.2, 0.25) is 5.91 Å². The largest absolute Gasteiger partial charge is 0.497 e. The maximum Gasteiger partial charge on any atom is 0.270 e. The van der Waals surface area contributed by atoms with Crippen LogP contribution < -0.4 is 10.2 Å². The van der Waals surface area contributed by atoms with Gasteiger partial charge in [0.05, 0.1) is 24.7 Å². The molecule has 24 heavy (non-hydrogen) atoms. The quantitative estimate of drug-likeness (QED) is 0.494. The summed E-state index contributed by atoms with van der Waals surface area (Å²) in [4.78, 5) is 22.1. The van der Waals surface area contributed by atoms with Crippen molar-refractivity contribution in [3.8, 4) is 5.75 Å². The number of halogens is 1. The average Bonchev–Trinajstić information content (AvgIpc) is 2.56. The third-order valence-corrected chi connectivity index (χ3v) is 3.43. The van der Waals surface area contributed by atoms with Crippen LogP contribution in [0.5, 0.6) is 5.75 Å². The van der Waals surface area contributed by atoms with E-state index in [1.165, 1.54) is 24.4 Å². The SMILES string of the molecule is COc1cccc(CC(=O)N/N=C/c2cc([N+](=O)[O-])ccc2Cl)c1. The summed E-state index contributed by atoms with van der Waals surface area (Å²) in [7, 11) is 1.55. The summed E-state index contributed by atoms with van der Waals surface area (Å²) in [5.41, 5.74) is 3.36. The molecule has 0 aliphatic heterocycles. The number of nitro benzene ring substituents is 1. The Labute approximate surface area is 143 Å². The van der Waals surface area contributed by atoms with E-state index in [1.807, 2.05) is 0 Å². The van der Waals surface area contributed by atoms with Crippen molar-refractivity contribution in [3.63, 3.8) is 0 Å². The summed E-state index contributed by atoms with van der Waals surface area (Å²) in [5.74, 6) is 0.327. The minimum atomic E-state index is -0.533. The Morgan fingerprint density at radius 1 is 1.38 bits per heavy atom. The minimum Gasteiger partial charge on any atom is -0.497 e. The highest BCUT2D eigenvalue weighted by atomic mass is 35.5. The van der Waals surface area contributed by atoms with Gasteiger partial charge in [0.1, 0.15) is 5.75 Å². The van der Waals surface area contributed by atoms with Gasteiger partial charge in [-0.05, 0) is 23.8 Å². The molecule has 8 heteroatoms. The zero-order valence-electron chi connectivity index (χ0n) is 12.7. The van der Waals surface area contributed by atoms with E-state index in [4.69, 9.17) is 16.3 Å². The summed E-state index contributed by atoms with van der Waals surface area (Å²) in [5, 5.41) is 14.8. The van der Waals surface area contributed by atoms with Crippen LogP contribution in [0.2, 0.25) is 5.02 Å². The molecule has 0 unspecified atom stereocenters. The van der Waals surface area contributed by atoms with E-state index in [0.29, 0.717) is 16.3 Å². The van der Waals surface area contributed by atoms with E-state index in [9.17, 15) is 14.9 Å². The highest BCUT2D eigenvalue weighted by Gasteiger charge is 2.08. The Hall–Kier alpha value is -2.93. The third kappa shape index (κ3) is 4.79. The second-order valence-corrected chi connectivity index (χ2v) is 5.19. The summed E-state index contributed by atoms with van der Waals surface area (Å²) in [6, 6.07) is 11.1. The number of hydrazone groups is 1. The first-order valence-electron chi connectivity index (χ1n) is 6.88. The number of rotatable bonds is 6. The predicted octanol–water partition coefficient (Wildman–Crippen LogP) is 2.95. The molecule has 0 atom stereocenters. The molecule has 1 amide bonds. The van der Waals surface area contributed by atoms with Crippen LogP contribution in [0.25, 0.3) is 0 Å². The lowest BCUT2D eigenvalue weighted by atomic mass is 10.1. The first kappa shape index (κ1) is 17.4. The molecule has 0 saturated carbocycles. The molecule has 124 valence electrons. The van der Waals surface area contributed by atoms with Gasteiger partial charge in [0.15, 0.2) is 0 Å². The number of nitrogens with zero attached hydrogens (tertiary/aromatic N) is 2. The van der Waals surface area contributed by atoms with E-state index in [2.05, 4.69) is 10.5 Å². The van der Waals surface area contributed by atoms with Gasteiger partial charge in [-0.2, -0.15) is 5.10 Å². The van der Waals surface area contributed by atoms with Crippen molar-refractivity contribution in [1.82, 2.24) is 5.43 Å². The first-order valence-corrected chi connectivity index (χ1v) is 7.26. The van der Waals surface area contributed by atoms with Crippen LogP contribution in [0.1, 0.15) is 11.1 Å². The minimum absolute atomic E-state index is 0.108. The fourth-order valence-corrected chi connectivity index (χ4v) is 2.09. The molecule has 0 spiro atoms. The highest BCUT2D eigenvalue weighted by molar-refractivity contribution is 6.33. The van der Waals surface area contributed by atoms with E-state index in [-0.39, 0.29) is 18.0 Å². The van der Waals surface area contributed by atoms with Gasteiger partial charge < -0.3 is 4.74 Å². The fourth-order valence-electron chi connectivity index (χ4n) is 1.92. The van der Waals surface area contributed by atoms with Gasteiger partial charge in [-0.3, -0.25) is 14.9 Å². The van der Waals surface area contributed by atoms with Crippen LogP contribution in [0, 0.1) is 10.1 Å². The van der Waals surface area contributed by atoms with Gasteiger partial charge in [-0.1, -0.05) is 23.7 Å². The van der Waals surface area contributed by atoms with Gasteiger partial charge >= 0.3 is 0 Å². The maximum atomic E-state index is 11.9. The van der Waals surface area contributed by atoms with Crippen LogP contribution >= 0.6 is 11.6 Å². The Morgan fingerprint density at radius 2 is 2.17 bits per heavy atom. The second-order valence-electron chi connectivity index (χ2n) is 4.78. The fraction of sp³-hybridized carbons (Fsp3) is 0.125. The average molecular weight is 348 g/mol. The molecule has 0 saturated heterocycles. The number of carbonyl (C=O) groups is 1. The van der Waals surface area contributed by atoms with Gasteiger partial charge in [0.25, 0.3) is 5.69 Å². The van der Waals surface area contributed by atoms with Crippen LogP contribution in [-0.4, -0.2) is 24.2 Å². The van der Waals surface area contributed by atoms with Crippen molar-refractivity contribution in [2.24, 2.45) is 5.10 Å². The number of nitro groups is 1. The molecule has 7 nitrogen and oxygen atoms in total. The van der Waals surface area contributed by atoms with Gasteiger partial charge in [-0.25, -0.2) is 5.43 Å². The predicted molar refractivity (Wildman–Crippen MR) is 90.5 cm³/mol. The number of amides is 1. The molecular formula is C16H14ClN3O4. The Kier molecular flexibility index (Phi) is 5.86. The summed E-state index contributed by atoms with van der Waals surface area (Å²) >= 11 is 5.94. The number of nitrogens with one attached hydrogen (secondary N) is 1. The normalized spacial score (nSPS) is 10.6. The van der Waals surface area contributed by atoms with Crippen molar-refractivity contribution in [1.29, 1.82) is 0 Å². The highest BCUT2D eigenvalue weighted by Crippen LogP contribution is 2.20. The lowest BCUT2D eigenvalue weighted by Gasteiger charge is -2.03. The molecule has 0 radical (unpaired) electrons. The van der Waals surface area contributed by atoms with Crippen LogP contribution in [0.4, 0.5) is 5.69 Å². The first-order chi connectivity index (χ1) is 11.5. The molecule has 0 fully saturated rings. The number of hydrogen-bond donors (Lipinski definition) is 1. The molecular weight excluding hydrogens is 334 g/mol. The van der Waals surface area contributed by atoms with Crippen LogP contribution in [0.3, 0.4) is 0 Å². The smallest absolute Gasteiger partial charge is 0.270 e. The van der Waals surface area contributed by atoms with Crippen molar-refractivity contribution >= 4 is 29.4 Å². The summed E-state index contributed by atoms with van der Waals surface area (Å²) in [6.45, 7) is 0. The number of benzene rings is 2. The van der Waals surface area contributed by atoms with E-state index < -0.39 is 4.92 Å². The molecule has 1 N–H and O–H groups in total. The third-order valence-electron chi connectivity index (χ3n) is 3.08. The summed E-state index contributed by atoms with van der Waals surface area (Å²) < 4.78 is 5.09. The second kappa shape index (κ2) is 8.07. The molecule has 2 rings (SSSR count). The number of hydrogen-bond acceptors (Lipinski definition) is 5. The zero-order valence-corrected chi connectivity index (χ0v) is 13.5. The van der Waals surface area contributed by atoms with Crippen LogP contribution in [-0.2, 0) is 11.2 Å². The Bertz CT molecular complexity index is 793. The van der Waals surface area contributed by atoms with E-state index in [0.717, 1.165) is 5.56 Å². The van der Waals surface area contributed by atoms with Crippen molar-refractivity contribution < 1.29 is 14.5 Å². The van der Waals surface area contributed by atoms with E-state index >= 15 is 0 Å².